The molecule has 0 aliphatic carbocycles. The summed E-state index contributed by atoms with van der Waals surface area (Å²) in [5.41, 5.74) is 0.754. The van der Waals surface area contributed by atoms with E-state index < -0.39 is 41.6 Å². The Morgan fingerprint density at radius 1 is 1.11 bits per heavy atom. The maximum Gasteiger partial charge on any atom is 0.408 e. The lowest BCUT2D eigenvalue weighted by Crippen LogP contribution is -2.54. The number of thiol groups is 1. The van der Waals surface area contributed by atoms with Gasteiger partial charge in [0, 0.05) is 18.8 Å². The van der Waals surface area contributed by atoms with Gasteiger partial charge in [-0.15, -0.1) is 0 Å². The molecular formula is C26H41N3O6S. The van der Waals surface area contributed by atoms with E-state index in [4.69, 9.17) is 9.47 Å². The zero-order valence-electron chi connectivity index (χ0n) is 22.3. The van der Waals surface area contributed by atoms with Crippen molar-refractivity contribution < 1.29 is 28.7 Å². The van der Waals surface area contributed by atoms with Crippen LogP contribution < -0.4 is 10.6 Å². The molecule has 2 atom stereocenters. The largest absolute Gasteiger partial charge is 0.466 e. The number of unbranched alkanes of at least 4 members (excludes halogenated alkanes) is 1. The summed E-state index contributed by atoms with van der Waals surface area (Å²) >= 11 is 4.28. The van der Waals surface area contributed by atoms with Crippen molar-refractivity contribution in [3.63, 3.8) is 0 Å². The lowest BCUT2D eigenvalue weighted by molar-refractivity contribution is -0.144. The predicted molar refractivity (Wildman–Crippen MR) is 142 cm³/mol. The number of nitrogens with zero attached hydrogens (tertiary/aromatic N) is 1. The van der Waals surface area contributed by atoms with Crippen molar-refractivity contribution in [3.05, 3.63) is 35.4 Å². The van der Waals surface area contributed by atoms with Crippen LogP contribution in [0.5, 0.6) is 0 Å². The maximum atomic E-state index is 13.7. The van der Waals surface area contributed by atoms with Crippen LogP contribution in [0.25, 0.3) is 0 Å². The molecule has 1 rings (SSSR count). The molecule has 0 bridgehead atoms. The highest BCUT2D eigenvalue weighted by Crippen LogP contribution is 2.26. The number of amides is 3. The fourth-order valence-electron chi connectivity index (χ4n) is 3.49. The van der Waals surface area contributed by atoms with E-state index in [1.54, 1.807) is 39.8 Å². The van der Waals surface area contributed by atoms with Crippen LogP contribution in [-0.4, -0.2) is 65.9 Å². The standard InChI is InChI=1S/C26H41N3O6S/c1-7-9-16-29(24(32)20(17-36)28-25(33)35-26(4,5)6)22(19-13-11-10-12-18(19)3)23(31)27-15-14-21(30)34-8-2/h10-13,20,22,36H,7-9,14-17H2,1-6H3,(H,27,31)(H,28,33). The minimum Gasteiger partial charge on any atom is -0.466 e. The van der Waals surface area contributed by atoms with Crippen molar-refractivity contribution in [2.45, 2.75) is 78.5 Å². The van der Waals surface area contributed by atoms with Gasteiger partial charge in [-0.3, -0.25) is 14.4 Å². The number of alkyl carbamates (subject to hydrolysis) is 1. The Balaban J connectivity index is 3.29. The highest BCUT2D eigenvalue weighted by atomic mass is 32.1. The van der Waals surface area contributed by atoms with Gasteiger partial charge in [0.1, 0.15) is 17.7 Å². The van der Waals surface area contributed by atoms with Crippen LogP contribution >= 0.6 is 12.6 Å². The second-order valence-corrected chi connectivity index (χ2v) is 9.74. The van der Waals surface area contributed by atoms with Gasteiger partial charge in [-0.1, -0.05) is 37.6 Å². The first-order chi connectivity index (χ1) is 16.9. The second-order valence-electron chi connectivity index (χ2n) is 9.37. The fraction of sp³-hybridized carbons (Fsp3) is 0.615. The zero-order valence-corrected chi connectivity index (χ0v) is 23.2. The molecule has 36 heavy (non-hydrogen) atoms. The molecule has 0 aromatic heterocycles. The van der Waals surface area contributed by atoms with Gasteiger partial charge < -0.3 is 25.0 Å². The van der Waals surface area contributed by atoms with E-state index in [0.717, 1.165) is 12.0 Å². The number of ether oxygens (including phenoxy) is 2. The SMILES string of the molecule is CCCCN(C(=O)C(CS)NC(=O)OC(C)(C)C)C(C(=O)NCCC(=O)OCC)c1ccccc1C. The lowest BCUT2D eigenvalue weighted by Gasteiger charge is -2.34. The summed E-state index contributed by atoms with van der Waals surface area (Å²) in [6.45, 7) is 11.4. The summed E-state index contributed by atoms with van der Waals surface area (Å²) < 4.78 is 10.2. The fourth-order valence-corrected chi connectivity index (χ4v) is 3.74. The Hall–Kier alpha value is -2.75. The first-order valence-electron chi connectivity index (χ1n) is 12.3. The Bertz CT molecular complexity index is 887. The number of nitrogens with one attached hydrogen (secondary N) is 2. The van der Waals surface area contributed by atoms with Crippen LogP contribution in [0.3, 0.4) is 0 Å². The molecule has 2 N–H and O–H groups in total. The van der Waals surface area contributed by atoms with Crippen molar-refractivity contribution in [2.24, 2.45) is 0 Å². The smallest absolute Gasteiger partial charge is 0.408 e. The molecule has 2 unspecified atom stereocenters. The molecule has 0 heterocycles. The van der Waals surface area contributed by atoms with Crippen molar-refractivity contribution in [1.29, 1.82) is 0 Å². The number of carbonyl (C=O) groups excluding carboxylic acids is 4. The molecule has 9 nitrogen and oxygen atoms in total. The highest BCUT2D eigenvalue weighted by molar-refractivity contribution is 7.80. The number of hydrogen-bond donors (Lipinski definition) is 3. The zero-order chi connectivity index (χ0) is 27.3. The average Bonchev–Trinajstić information content (AvgIpc) is 2.79. The first kappa shape index (κ1) is 31.3. The van der Waals surface area contributed by atoms with Gasteiger partial charge in [0.25, 0.3) is 0 Å². The van der Waals surface area contributed by atoms with Gasteiger partial charge in [-0.25, -0.2) is 4.79 Å². The normalized spacial score (nSPS) is 12.8. The number of rotatable bonds is 13. The van der Waals surface area contributed by atoms with Crippen molar-refractivity contribution in [1.82, 2.24) is 15.5 Å². The van der Waals surface area contributed by atoms with E-state index in [-0.39, 0.29) is 25.3 Å². The molecule has 0 saturated heterocycles. The number of aryl methyl sites for hydroxylation is 1. The third kappa shape index (κ3) is 10.5. The van der Waals surface area contributed by atoms with E-state index in [1.165, 1.54) is 4.90 Å². The second kappa shape index (κ2) is 15.4. The minimum absolute atomic E-state index is 0.0163. The van der Waals surface area contributed by atoms with E-state index in [0.29, 0.717) is 18.5 Å². The molecule has 0 fully saturated rings. The van der Waals surface area contributed by atoms with Gasteiger partial charge in [0.2, 0.25) is 11.8 Å². The minimum atomic E-state index is -1.00. The molecule has 0 aliphatic rings. The third-order valence-electron chi connectivity index (χ3n) is 5.18. The Labute approximate surface area is 220 Å². The van der Waals surface area contributed by atoms with Crippen molar-refractivity contribution >= 4 is 36.5 Å². The van der Waals surface area contributed by atoms with Gasteiger partial charge in [-0.05, 0) is 52.2 Å². The molecular weight excluding hydrogens is 482 g/mol. The number of esters is 1. The molecule has 0 aliphatic heterocycles. The number of carbonyl (C=O) groups is 4. The Morgan fingerprint density at radius 3 is 2.33 bits per heavy atom. The Morgan fingerprint density at radius 2 is 1.78 bits per heavy atom. The molecule has 1 aromatic carbocycles. The maximum absolute atomic E-state index is 13.7. The summed E-state index contributed by atoms with van der Waals surface area (Å²) in [6.07, 6.45) is 0.717. The van der Waals surface area contributed by atoms with E-state index in [1.807, 2.05) is 26.0 Å². The van der Waals surface area contributed by atoms with Crippen LogP contribution in [0.2, 0.25) is 0 Å². The summed E-state index contributed by atoms with van der Waals surface area (Å²) in [5.74, 6) is -1.27. The van der Waals surface area contributed by atoms with Crippen molar-refractivity contribution in [2.75, 3.05) is 25.4 Å². The molecule has 0 saturated carbocycles. The number of hydrogen-bond acceptors (Lipinski definition) is 7. The van der Waals surface area contributed by atoms with Gasteiger partial charge >= 0.3 is 12.1 Å². The molecule has 10 heteroatoms. The van der Waals surface area contributed by atoms with Gasteiger partial charge in [0.15, 0.2) is 0 Å². The quantitative estimate of drug-likeness (QED) is 0.269. The average molecular weight is 524 g/mol. The molecule has 1 aromatic rings. The Kier molecular flexibility index (Phi) is 13.4. The monoisotopic (exact) mass is 523 g/mol. The highest BCUT2D eigenvalue weighted by Gasteiger charge is 2.36. The summed E-state index contributed by atoms with van der Waals surface area (Å²) in [4.78, 5) is 52.8. The topological polar surface area (TPSA) is 114 Å². The lowest BCUT2D eigenvalue weighted by atomic mass is 9.98. The number of benzene rings is 1. The van der Waals surface area contributed by atoms with E-state index in [2.05, 4.69) is 23.3 Å². The third-order valence-corrected chi connectivity index (χ3v) is 5.55. The van der Waals surface area contributed by atoms with E-state index >= 15 is 0 Å². The van der Waals surface area contributed by atoms with Crippen LogP contribution in [0.4, 0.5) is 4.79 Å². The van der Waals surface area contributed by atoms with Crippen LogP contribution in [0.15, 0.2) is 24.3 Å². The van der Waals surface area contributed by atoms with Crippen molar-refractivity contribution in [3.8, 4) is 0 Å². The summed E-state index contributed by atoms with van der Waals surface area (Å²) in [5, 5.41) is 5.36. The first-order valence-corrected chi connectivity index (χ1v) is 13.0. The van der Waals surface area contributed by atoms with Crippen LogP contribution in [-0.2, 0) is 23.9 Å². The molecule has 0 spiro atoms. The van der Waals surface area contributed by atoms with Gasteiger partial charge in [0.05, 0.1) is 13.0 Å². The molecule has 3 amide bonds. The van der Waals surface area contributed by atoms with Crippen LogP contribution in [0.1, 0.15) is 71.0 Å². The van der Waals surface area contributed by atoms with Gasteiger partial charge in [-0.2, -0.15) is 12.6 Å². The molecule has 202 valence electrons. The molecule has 0 radical (unpaired) electrons. The van der Waals surface area contributed by atoms with Crippen LogP contribution in [0, 0.1) is 6.92 Å². The van der Waals surface area contributed by atoms with E-state index in [9.17, 15) is 19.2 Å². The summed E-state index contributed by atoms with van der Waals surface area (Å²) in [7, 11) is 0. The predicted octanol–water partition coefficient (Wildman–Crippen LogP) is 3.56. The summed E-state index contributed by atoms with van der Waals surface area (Å²) in [6, 6.07) is 5.36.